The van der Waals surface area contributed by atoms with Gasteiger partial charge in [-0.2, -0.15) is 0 Å². The van der Waals surface area contributed by atoms with Gasteiger partial charge in [0, 0.05) is 14.1 Å². The molecule has 2 heterocycles. The summed E-state index contributed by atoms with van der Waals surface area (Å²) in [5.74, 6) is 0.907. The van der Waals surface area contributed by atoms with Gasteiger partial charge >= 0.3 is 0 Å². The number of anilines is 1. The Morgan fingerprint density at radius 2 is 1.21 bits per heavy atom. The van der Waals surface area contributed by atoms with Crippen LogP contribution in [0.3, 0.4) is 0 Å². The van der Waals surface area contributed by atoms with Crippen LogP contribution in [0, 0.1) is 0 Å². The number of pyridine rings is 1. The van der Waals surface area contributed by atoms with Crippen LogP contribution in [0.2, 0.25) is 54.4 Å². The summed E-state index contributed by atoms with van der Waals surface area (Å²) >= 11 is 0. The zero-order valence-corrected chi connectivity index (χ0v) is 31.3. The van der Waals surface area contributed by atoms with E-state index >= 15 is 0 Å². The molecule has 0 bridgehead atoms. The zero-order valence-electron chi connectivity index (χ0n) is 28.3. The molecule has 0 aliphatic carbocycles. The predicted molar refractivity (Wildman–Crippen MR) is 173 cm³/mol. The number of nitrogens with zero attached hydrogens (tertiary/aromatic N) is 2. The summed E-state index contributed by atoms with van der Waals surface area (Å²) in [6.45, 7) is 34.9. The highest BCUT2D eigenvalue weighted by molar-refractivity contribution is 6.75. The van der Waals surface area contributed by atoms with Crippen molar-refractivity contribution in [2.45, 2.75) is 141 Å². The Morgan fingerprint density at radius 1 is 0.744 bits per heavy atom. The molecule has 0 spiro atoms. The van der Waals surface area contributed by atoms with Gasteiger partial charge in [0.15, 0.2) is 25.0 Å². The van der Waals surface area contributed by atoms with Crippen LogP contribution < -0.4 is 4.90 Å². The summed E-state index contributed by atoms with van der Waals surface area (Å²) < 4.78 is 28.2. The Bertz CT molecular complexity index is 962. The molecule has 0 N–H and O–H groups in total. The minimum atomic E-state index is -2.18. The lowest BCUT2D eigenvalue weighted by Gasteiger charge is -2.44. The van der Waals surface area contributed by atoms with Crippen molar-refractivity contribution in [3.63, 3.8) is 0 Å². The average Bonchev–Trinajstić information content (AvgIpc) is 3.06. The molecule has 0 saturated carbocycles. The monoisotopic (exact) mass is 596 g/mol. The van der Waals surface area contributed by atoms with Gasteiger partial charge in [0.1, 0.15) is 30.2 Å². The molecule has 226 valence electrons. The van der Waals surface area contributed by atoms with Crippen LogP contribution in [0.15, 0.2) is 18.2 Å². The Morgan fingerprint density at radius 3 is 1.64 bits per heavy atom. The fraction of sp³-hybridized carbons (Fsp3) is 0.833. The molecule has 0 unspecified atom stereocenters. The molecule has 1 aliphatic heterocycles. The van der Waals surface area contributed by atoms with E-state index in [1.165, 1.54) is 0 Å². The third kappa shape index (κ3) is 8.05. The molecule has 2 rings (SSSR count). The van der Waals surface area contributed by atoms with E-state index in [-0.39, 0.29) is 39.5 Å². The number of ether oxygens (including phenoxy) is 1. The van der Waals surface area contributed by atoms with E-state index in [2.05, 4.69) is 114 Å². The maximum atomic E-state index is 7.24. The van der Waals surface area contributed by atoms with Crippen LogP contribution in [-0.4, -0.2) is 69.0 Å². The van der Waals surface area contributed by atoms with Crippen molar-refractivity contribution in [3.05, 3.63) is 23.9 Å². The van der Waals surface area contributed by atoms with E-state index in [1.807, 2.05) is 25.1 Å². The lowest BCUT2D eigenvalue weighted by Crippen LogP contribution is -2.54. The first kappa shape index (κ1) is 34.6. The maximum Gasteiger partial charge on any atom is 0.192 e. The molecule has 0 aromatic carbocycles. The summed E-state index contributed by atoms with van der Waals surface area (Å²) in [7, 11) is -2.30. The molecule has 0 amide bonds. The van der Waals surface area contributed by atoms with Crippen molar-refractivity contribution in [3.8, 4) is 0 Å². The maximum absolute atomic E-state index is 7.24. The third-order valence-electron chi connectivity index (χ3n) is 9.70. The zero-order chi connectivity index (χ0) is 30.4. The highest BCUT2D eigenvalue weighted by Crippen LogP contribution is 2.47. The number of aromatic nitrogens is 1. The van der Waals surface area contributed by atoms with Crippen molar-refractivity contribution >= 4 is 30.8 Å². The number of hydrogen-bond donors (Lipinski definition) is 0. The molecule has 1 aromatic heterocycles. The first-order chi connectivity index (χ1) is 17.3. The van der Waals surface area contributed by atoms with Gasteiger partial charge in [0.25, 0.3) is 0 Å². The Kier molecular flexibility index (Phi) is 10.3. The van der Waals surface area contributed by atoms with Crippen LogP contribution >= 0.6 is 0 Å². The smallest absolute Gasteiger partial charge is 0.192 e. The number of rotatable bonds is 9. The second-order valence-electron chi connectivity index (χ2n) is 16.2. The van der Waals surface area contributed by atoms with E-state index in [0.717, 1.165) is 11.5 Å². The Labute approximate surface area is 243 Å². The molecular formula is C30H60N2O4Si3. The quantitative estimate of drug-likeness (QED) is 0.267. The van der Waals surface area contributed by atoms with Crippen LogP contribution in [0.4, 0.5) is 5.82 Å². The molecule has 4 atom stereocenters. The second-order valence-corrected chi connectivity index (χ2v) is 30.5. The molecule has 1 aromatic rings. The van der Waals surface area contributed by atoms with Gasteiger partial charge in [-0.05, 0) is 66.5 Å². The minimum absolute atomic E-state index is 0.0493. The predicted octanol–water partition coefficient (Wildman–Crippen LogP) is 8.39. The molecule has 9 heteroatoms. The first-order valence-corrected chi connectivity index (χ1v) is 23.3. The van der Waals surface area contributed by atoms with Crippen LogP contribution in [0.1, 0.15) is 74.1 Å². The van der Waals surface area contributed by atoms with Crippen molar-refractivity contribution in [1.82, 2.24) is 4.98 Å². The summed E-state index contributed by atoms with van der Waals surface area (Å²) in [6, 6.07) is 6.16. The highest BCUT2D eigenvalue weighted by atomic mass is 28.4. The second kappa shape index (κ2) is 11.6. The molecule has 1 saturated heterocycles. The molecule has 1 fully saturated rings. The van der Waals surface area contributed by atoms with Gasteiger partial charge < -0.3 is 22.9 Å². The van der Waals surface area contributed by atoms with Gasteiger partial charge in [0.05, 0.1) is 12.3 Å². The highest BCUT2D eigenvalue weighted by Gasteiger charge is 2.55. The van der Waals surface area contributed by atoms with Crippen molar-refractivity contribution in [2.75, 3.05) is 25.6 Å². The molecular weight excluding hydrogens is 537 g/mol. The molecule has 0 radical (unpaired) electrons. The summed E-state index contributed by atoms with van der Waals surface area (Å²) in [5.41, 5.74) is 0.892. The summed E-state index contributed by atoms with van der Waals surface area (Å²) in [6.07, 6.45) is -1.07. The number of hydrogen-bond acceptors (Lipinski definition) is 6. The van der Waals surface area contributed by atoms with Gasteiger partial charge in [-0.1, -0.05) is 68.4 Å². The summed E-state index contributed by atoms with van der Waals surface area (Å²) in [4.78, 5) is 7.05. The molecule has 1 aliphatic rings. The van der Waals surface area contributed by atoms with Gasteiger partial charge in [-0.25, -0.2) is 4.98 Å². The summed E-state index contributed by atoms with van der Waals surface area (Å²) in [5, 5.41) is 0.216. The van der Waals surface area contributed by atoms with Crippen LogP contribution in [-0.2, 0) is 18.0 Å². The van der Waals surface area contributed by atoms with E-state index in [0.29, 0.717) is 6.61 Å². The Hall–Kier alpha value is -0.559. The lowest BCUT2D eigenvalue weighted by atomic mass is 10.1. The lowest BCUT2D eigenvalue weighted by molar-refractivity contribution is -0.0185. The SMILES string of the molecule is CN(C)c1cccc([C@@H]2O[C@H](CO[Si](C)(C)C(C)(C)C)[C@@H](O[Si](C)(C)C(C)(C)C)[C@H]2O[Si](C)(C)C(C)(C)C)n1. The van der Waals surface area contributed by atoms with E-state index in [1.54, 1.807) is 0 Å². The average molecular weight is 597 g/mol. The van der Waals surface area contributed by atoms with Crippen LogP contribution in [0.25, 0.3) is 0 Å². The van der Waals surface area contributed by atoms with Gasteiger partial charge in [-0.3, -0.25) is 0 Å². The normalized spacial score (nSPS) is 23.8. The van der Waals surface area contributed by atoms with Crippen molar-refractivity contribution < 1.29 is 18.0 Å². The van der Waals surface area contributed by atoms with Crippen molar-refractivity contribution in [2.24, 2.45) is 0 Å². The minimum Gasteiger partial charge on any atom is -0.414 e. The van der Waals surface area contributed by atoms with E-state index in [4.69, 9.17) is 23.0 Å². The van der Waals surface area contributed by atoms with Crippen molar-refractivity contribution in [1.29, 1.82) is 0 Å². The van der Waals surface area contributed by atoms with E-state index < -0.39 is 25.0 Å². The largest absolute Gasteiger partial charge is 0.414 e. The molecule has 6 nitrogen and oxygen atoms in total. The fourth-order valence-electron chi connectivity index (χ4n) is 3.76. The van der Waals surface area contributed by atoms with Gasteiger partial charge in [0.2, 0.25) is 0 Å². The Balaban J connectivity index is 2.64. The third-order valence-corrected chi connectivity index (χ3v) is 23.2. The first-order valence-electron chi connectivity index (χ1n) is 14.6. The van der Waals surface area contributed by atoms with Gasteiger partial charge in [-0.15, -0.1) is 0 Å². The van der Waals surface area contributed by atoms with Crippen LogP contribution in [0.5, 0.6) is 0 Å². The topological polar surface area (TPSA) is 53.1 Å². The van der Waals surface area contributed by atoms with E-state index in [9.17, 15) is 0 Å². The standard InChI is InChI=1S/C30H60N2O4Si3/c1-28(2,3)37(12,13)33-21-23-26(35-38(14,15)29(4,5)6)27(36-39(16,17)30(7,8)9)25(34-23)22-19-18-20-24(31-22)32(10)11/h18-20,23,25-27H,21H2,1-17H3/t23-,25+,26-,27+/m1/s1. The molecule has 39 heavy (non-hydrogen) atoms. The fourth-order valence-corrected chi connectivity index (χ4v) is 7.38.